The van der Waals surface area contributed by atoms with Crippen molar-refractivity contribution < 1.29 is 19.5 Å². The second-order valence-corrected chi connectivity index (χ2v) is 7.29. The molecule has 1 aliphatic carbocycles. The van der Waals surface area contributed by atoms with E-state index in [-0.39, 0.29) is 34.6 Å². The van der Waals surface area contributed by atoms with Crippen molar-refractivity contribution in [2.75, 3.05) is 4.90 Å². The number of nitrogens with zero attached hydrogens (tertiary/aromatic N) is 2. The van der Waals surface area contributed by atoms with Crippen molar-refractivity contribution in [3.63, 3.8) is 0 Å². The van der Waals surface area contributed by atoms with Crippen LogP contribution in [0.3, 0.4) is 0 Å². The fourth-order valence-corrected chi connectivity index (χ4v) is 4.17. The summed E-state index contributed by atoms with van der Waals surface area (Å²) >= 11 is 5.97. The van der Waals surface area contributed by atoms with E-state index in [0.717, 1.165) is 5.56 Å². The number of aromatic carboxylic acids is 1. The van der Waals surface area contributed by atoms with E-state index < -0.39 is 5.97 Å². The highest BCUT2D eigenvalue weighted by molar-refractivity contribution is 6.33. The number of Topliss-reactive ketones (excluding diaryl/α,β-unsaturated/α-hetero) is 1. The zero-order valence-electron chi connectivity index (χ0n) is 14.9. The van der Waals surface area contributed by atoms with Gasteiger partial charge in [-0.2, -0.15) is 0 Å². The van der Waals surface area contributed by atoms with Crippen molar-refractivity contribution in [1.82, 2.24) is 4.98 Å². The van der Waals surface area contributed by atoms with Gasteiger partial charge < -0.3 is 5.11 Å². The highest BCUT2D eigenvalue weighted by Gasteiger charge is 2.40. The van der Waals surface area contributed by atoms with Crippen molar-refractivity contribution in [3.8, 4) is 0 Å². The molecule has 28 heavy (non-hydrogen) atoms. The third-order valence-electron chi connectivity index (χ3n) is 5.20. The third-order valence-corrected chi connectivity index (χ3v) is 5.53. The number of carboxylic acid groups (broad SMARTS) is 1. The van der Waals surface area contributed by atoms with Gasteiger partial charge in [0.15, 0.2) is 5.78 Å². The Bertz CT molecular complexity index is 1020. The first-order chi connectivity index (χ1) is 13.5. The Kier molecular flexibility index (Phi) is 4.73. The third kappa shape index (κ3) is 3.10. The van der Waals surface area contributed by atoms with Crippen LogP contribution in [0.4, 0.5) is 5.69 Å². The number of aromatic nitrogens is 1. The molecular formula is C21H17ClN2O4. The largest absolute Gasteiger partial charge is 0.478 e. The molecule has 1 aliphatic heterocycles. The molecule has 2 heterocycles. The number of carbonyl (C=O) groups excluding carboxylic acids is 2. The zero-order valence-corrected chi connectivity index (χ0v) is 15.6. The number of rotatable bonds is 3. The molecular weight excluding hydrogens is 380 g/mol. The van der Waals surface area contributed by atoms with E-state index in [1.807, 2.05) is 6.07 Å². The van der Waals surface area contributed by atoms with Crippen LogP contribution < -0.4 is 4.90 Å². The minimum Gasteiger partial charge on any atom is -0.478 e. The molecule has 0 bridgehead atoms. The molecule has 1 aromatic heterocycles. The summed E-state index contributed by atoms with van der Waals surface area (Å²) in [5.74, 6) is -1.65. The topological polar surface area (TPSA) is 87.6 Å². The van der Waals surface area contributed by atoms with Gasteiger partial charge in [-0.15, -0.1) is 0 Å². The molecule has 0 fully saturated rings. The van der Waals surface area contributed by atoms with E-state index in [2.05, 4.69) is 4.98 Å². The molecule has 1 atom stereocenters. The summed E-state index contributed by atoms with van der Waals surface area (Å²) in [5, 5.41) is 9.46. The summed E-state index contributed by atoms with van der Waals surface area (Å²) in [6.07, 6.45) is 5.14. The molecule has 0 saturated heterocycles. The van der Waals surface area contributed by atoms with Crippen LogP contribution in [-0.2, 0) is 9.59 Å². The van der Waals surface area contributed by atoms with Crippen LogP contribution in [-0.4, -0.2) is 27.8 Å². The number of amides is 1. The van der Waals surface area contributed by atoms with Crippen molar-refractivity contribution in [2.24, 2.45) is 0 Å². The minimum absolute atomic E-state index is 0.0278. The summed E-state index contributed by atoms with van der Waals surface area (Å²) in [4.78, 5) is 42.9. The van der Waals surface area contributed by atoms with Crippen molar-refractivity contribution >= 4 is 34.9 Å². The monoisotopic (exact) mass is 396 g/mol. The number of pyridine rings is 1. The van der Waals surface area contributed by atoms with Crippen LogP contribution in [0.1, 0.15) is 47.5 Å². The number of ketones is 1. The SMILES string of the molecule is O=C1CCCC2=C1C(c1cccnc1)CC(=O)N2c1ccc(Cl)c(C(=O)O)c1. The maximum atomic E-state index is 13.1. The summed E-state index contributed by atoms with van der Waals surface area (Å²) in [6.45, 7) is 0. The van der Waals surface area contributed by atoms with Crippen molar-refractivity contribution in [1.29, 1.82) is 0 Å². The number of hydrogen-bond acceptors (Lipinski definition) is 4. The second kappa shape index (κ2) is 7.20. The van der Waals surface area contributed by atoms with Gasteiger partial charge in [-0.05, 0) is 42.7 Å². The van der Waals surface area contributed by atoms with Gasteiger partial charge in [0.1, 0.15) is 0 Å². The first-order valence-corrected chi connectivity index (χ1v) is 9.37. The van der Waals surface area contributed by atoms with Crippen LogP contribution in [0.5, 0.6) is 0 Å². The Hall–Kier alpha value is -2.99. The fourth-order valence-electron chi connectivity index (χ4n) is 3.98. The Morgan fingerprint density at radius 2 is 2.04 bits per heavy atom. The van der Waals surface area contributed by atoms with E-state index in [4.69, 9.17) is 11.6 Å². The number of anilines is 1. The Morgan fingerprint density at radius 3 is 2.75 bits per heavy atom. The molecule has 1 amide bonds. The Labute approximate surface area is 166 Å². The second-order valence-electron chi connectivity index (χ2n) is 6.88. The molecule has 142 valence electrons. The summed E-state index contributed by atoms with van der Waals surface area (Å²) in [7, 11) is 0. The van der Waals surface area contributed by atoms with Gasteiger partial charge in [0.05, 0.1) is 10.6 Å². The van der Waals surface area contributed by atoms with Crippen molar-refractivity contribution in [3.05, 3.63) is 70.1 Å². The molecule has 1 aromatic carbocycles. The molecule has 1 N–H and O–H groups in total. The van der Waals surface area contributed by atoms with Gasteiger partial charge in [0.2, 0.25) is 5.91 Å². The molecule has 1 unspecified atom stereocenters. The Morgan fingerprint density at radius 1 is 1.21 bits per heavy atom. The average molecular weight is 397 g/mol. The maximum absolute atomic E-state index is 13.1. The van der Waals surface area contributed by atoms with Gasteiger partial charge in [-0.3, -0.25) is 19.5 Å². The van der Waals surface area contributed by atoms with Crippen LogP contribution in [0.2, 0.25) is 5.02 Å². The standard InChI is InChI=1S/C21H17ClN2O4/c22-16-7-6-13(9-15(16)21(27)28)24-17-4-1-5-18(25)20(17)14(10-19(24)26)12-3-2-8-23-11-12/h2-3,6-9,11,14H,1,4-5,10H2,(H,27,28). The number of carboxylic acids is 1. The van der Waals surface area contributed by atoms with E-state index in [0.29, 0.717) is 36.2 Å². The predicted molar refractivity (Wildman–Crippen MR) is 103 cm³/mol. The lowest BCUT2D eigenvalue weighted by Gasteiger charge is -2.38. The van der Waals surface area contributed by atoms with Crippen LogP contribution in [0.15, 0.2) is 54.0 Å². The molecule has 2 aromatic rings. The van der Waals surface area contributed by atoms with Crippen LogP contribution in [0, 0.1) is 0 Å². The van der Waals surface area contributed by atoms with E-state index in [1.54, 1.807) is 24.5 Å². The van der Waals surface area contributed by atoms with E-state index >= 15 is 0 Å². The predicted octanol–water partition coefficient (Wildman–Crippen LogP) is 3.96. The lowest BCUT2D eigenvalue weighted by atomic mass is 9.77. The number of benzene rings is 1. The molecule has 0 radical (unpaired) electrons. The summed E-state index contributed by atoms with van der Waals surface area (Å²) < 4.78 is 0. The van der Waals surface area contributed by atoms with Crippen LogP contribution >= 0.6 is 11.6 Å². The van der Waals surface area contributed by atoms with E-state index in [1.165, 1.54) is 17.0 Å². The van der Waals surface area contributed by atoms with E-state index in [9.17, 15) is 19.5 Å². The molecule has 4 rings (SSSR count). The van der Waals surface area contributed by atoms with Crippen LogP contribution in [0.25, 0.3) is 0 Å². The molecule has 6 nitrogen and oxygen atoms in total. The lowest BCUT2D eigenvalue weighted by molar-refractivity contribution is -0.119. The maximum Gasteiger partial charge on any atom is 0.337 e. The highest BCUT2D eigenvalue weighted by atomic mass is 35.5. The van der Waals surface area contributed by atoms with Gasteiger partial charge in [-0.1, -0.05) is 17.7 Å². The average Bonchev–Trinajstić information content (AvgIpc) is 2.69. The summed E-state index contributed by atoms with van der Waals surface area (Å²) in [6, 6.07) is 8.12. The normalized spacial score (nSPS) is 19.6. The first kappa shape index (κ1) is 18.4. The Balaban J connectivity index is 1.87. The van der Waals surface area contributed by atoms with Gasteiger partial charge in [0.25, 0.3) is 0 Å². The minimum atomic E-state index is -1.17. The number of allylic oxidation sites excluding steroid dienone is 2. The van der Waals surface area contributed by atoms with Crippen molar-refractivity contribution in [2.45, 2.75) is 31.6 Å². The lowest BCUT2D eigenvalue weighted by Crippen LogP contribution is -2.40. The number of carbonyl (C=O) groups is 3. The van der Waals surface area contributed by atoms with Gasteiger partial charge in [-0.25, -0.2) is 4.79 Å². The number of halogens is 1. The smallest absolute Gasteiger partial charge is 0.337 e. The zero-order chi connectivity index (χ0) is 19.8. The quantitative estimate of drug-likeness (QED) is 0.848. The first-order valence-electron chi connectivity index (χ1n) is 8.99. The summed E-state index contributed by atoms with van der Waals surface area (Å²) in [5.41, 5.74) is 2.45. The number of hydrogen-bond donors (Lipinski definition) is 1. The molecule has 2 aliphatic rings. The van der Waals surface area contributed by atoms with Gasteiger partial charge >= 0.3 is 5.97 Å². The molecule has 0 saturated carbocycles. The highest BCUT2D eigenvalue weighted by Crippen LogP contribution is 2.43. The fraction of sp³-hybridized carbons (Fsp3) is 0.238. The molecule has 7 heteroatoms. The van der Waals surface area contributed by atoms with Gasteiger partial charge in [0, 0.05) is 48.1 Å². The molecule has 0 spiro atoms.